The number of alkyl halides is 3. The fourth-order valence-corrected chi connectivity index (χ4v) is 5.47. The van der Waals surface area contributed by atoms with E-state index in [1.165, 1.54) is 12.1 Å². The Hall–Kier alpha value is -1.85. The molecule has 1 aromatic rings. The van der Waals surface area contributed by atoms with E-state index in [0.717, 1.165) is 12.1 Å². The number of hydrogen-bond donors (Lipinski definition) is 1. The molecule has 2 heterocycles. The van der Waals surface area contributed by atoms with Crippen LogP contribution in [0.4, 0.5) is 18.9 Å². The fourth-order valence-electron chi connectivity index (χ4n) is 3.71. The zero-order chi connectivity index (χ0) is 21.2. The predicted octanol–water partition coefficient (Wildman–Crippen LogP) is 1.72. The van der Waals surface area contributed by atoms with Gasteiger partial charge in [-0.3, -0.25) is 14.6 Å². The summed E-state index contributed by atoms with van der Waals surface area (Å²) in [4.78, 5) is 16.7. The minimum absolute atomic E-state index is 0.0590. The third-order valence-corrected chi connectivity index (χ3v) is 7.11. The SMILES string of the molecule is CC(C(=O)Nc1ccc(OC(F)(F)F)cc1)N1CCN(C2CCS(=O)(=O)C2)CC1. The number of nitrogens with zero attached hydrogens (tertiary/aromatic N) is 2. The van der Waals surface area contributed by atoms with E-state index in [2.05, 4.69) is 15.0 Å². The minimum Gasteiger partial charge on any atom is -0.406 e. The van der Waals surface area contributed by atoms with Crippen LogP contribution in [-0.4, -0.2) is 80.3 Å². The lowest BCUT2D eigenvalue weighted by atomic mass is 10.1. The summed E-state index contributed by atoms with van der Waals surface area (Å²) in [5.74, 6) is -0.166. The number of anilines is 1. The summed E-state index contributed by atoms with van der Waals surface area (Å²) in [6.45, 7) is 4.45. The maximum absolute atomic E-state index is 12.5. The molecule has 0 aromatic heterocycles. The molecule has 29 heavy (non-hydrogen) atoms. The molecule has 2 atom stereocenters. The molecule has 2 saturated heterocycles. The van der Waals surface area contributed by atoms with E-state index in [0.29, 0.717) is 38.3 Å². The van der Waals surface area contributed by atoms with Crippen molar-refractivity contribution in [1.29, 1.82) is 0 Å². The summed E-state index contributed by atoms with van der Waals surface area (Å²) in [5.41, 5.74) is 0.381. The maximum atomic E-state index is 12.5. The van der Waals surface area contributed by atoms with Crippen LogP contribution >= 0.6 is 0 Å². The maximum Gasteiger partial charge on any atom is 0.573 e. The number of carbonyl (C=O) groups is 1. The molecule has 2 unspecified atom stereocenters. The third kappa shape index (κ3) is 6.06. The number of carbonyl (C=O) groups excluding carboxylic acids is 1. The number of ether oxygens (including phenoxy) is 1. The first kappa shape index (κ1) is 21.8. The van der Waals surface area contributed by atoms with Gasteiger partial charge in [-0.15, -0.1) is 13.2 Å². The normalized spacial score (nSPS) is 24.2. The Morgan fingerprint density at radius 2 is 1.79 bits per heavy atom. The summed E-state index contributed by atoms with van der Waals surface area (Å²) in [7, 11) is -2.93. The van der Waals surface area contributed by atoms with Crippen molar-refractivity contribution in [3.63, 3.8) is 0 Å². The number of rotatable bonds is 5. The second-order valence-electron chi connectivity index (χ2n) is 7.37. The summed E-state index contributed by atoms with van der Waals surface area (Å²) >= 11 is 0. The lowest BCUT2D eigenvalue weighted by Crippen LogP contribution is -2.55. The Kier molecular flexibility index (Phi) is 6.39. The number of sulfone groups is 1. The molecule has 11 heteroatoms. The fraction of sp³-hybridized carbons (Fsp3) is 0.611. The second kappa shape index (κ2) is 8.49. The van der Waals surface area contributed by atoms with Gasteiger partial charge in [-0.25, -0.2) is 8.42 Å². The quantitative estimate of drug-likeness (QED) is 0.759. The van der Waals surface area contributed by atoms with Crippen LogP contribution in [0, 0.1) is 0 Å². The average Bonchev–Trinajstić information content (AvgIpc) is 3.01. The molecule has 1 N–H and O–H groups in total. The summed E-state index contributed by atoms with van der Waals surface area (Å²) in [6.07, 6.45) is -4.10. The molecule has 7 nitrogen and oxygen atoms in total. The lowest BCUT2D eigenvalue weighted by Gasteiger charge is -2.39. The van der Waals surface area contributed by atoms with E-state index in [1.54, 1.807) is 6.92 Å². The molecule has 0 aliphatic carbocycles. The molecular formula is C18H24F3N3O4S. The monoisotopic (exact) mass is 435 g/mol. The molecule has 162 valence electrons. The first-order valence-electron chi connectivity index (χ1n) is 9.38. The molecule has 2 aliphatic heterocycles. The molecule has 3 rings (SSSR count). The van der Waals surface area contributed by atoms with Gasteiger partial charge in [0.2, 0.25) is 5.91 Å². The predicted molar refractivity (Wildman–Crippen MR) is 101 cm³/mol. The van der Waals surface area contributed by atoms with Gasteiger partial charge >= 0.3 is 6.36 Å². The van der Waals surface area contributed by atoms with E-state index < -0.39 is 22.2 Å². The summed E-state index contributed by atoms with van der Waals surface area (Å²) < 4.78 is 63.7. The van der Waals surface area contributed by atoms with E-state index in [9.17, 15) is 26.4 Å². The molecular weight excluding hydrogens is 411 g/mol. The minimum atomic E-state index is -4.76. The number of hydrogen-bond acceptors (Lipinski definition) is 6. The van der Waals surface area contributed by atoms with Crippen LogP contribution < -0.4 is 10.1 Å². The molecule has 0 radical (unpaired) electrons. The van der Waals surface area contributed by atoms with Crippen molar-refractivity contribution in [3.05, 3.63) is 24.3 Å². The van der Waals surface area contributed by atoms with E-state index in [4.69, 9.17) is 0 Å². The number of amides is 1. The molecule has 1 amide bonds. The highest BCUT2D eigenvalue weighted by atomic mass is 32.2. The molecule has 1 aromatic carbocycles. The highest BCUT2D eigenvalue weighted by molar-refractivity contribution is 7.91. The topological polar surface area (TPSA) is 79.0 Å². The van der Waals surface area contributed by atoms with Crippen molar-refractivity contribution in [2.75, 3.05) is 43.0 Å². The number of benzene rings is 1. The van der Waals surface area contributed by atoms with Gasteiger partial charge in [-0.05, 0) is 37.6 Å². The van der Waals surface area contributed by atoms with Crippen molar-refractivity contribution in [1.82, 2.24) is 9.80 Å². The Bertz CT molecular complexity index is 822. The highest BCUT2D eigenvalue weighted by Crippen LogP contribution is 2.24. The smallest absolute Gasteiger partial charge is 0.406 e. The molecule has 2 aliphatic rings. The Balaban J connectivity index is 1.48. The van der Waals surface area contributed by atoms with Gasteiger partial charge in [-0.2, -0.15) is 0 Å². The summed E-state index contributed by atoms with van der Waals surface area (Å²) in [6, 6.07) is 4.62. The first-order chi connectivity index (χ1) is 13.5. The summed E-state index contributed by atoms with van der Waals surface area (Å²) in [5, 5.41) is 2.70. The number of nitrogens with one attached hydrogen (secondary N) is 1. The van der Waals surface area contributed by atoms with Crippen LogP contribution in [0.3, 0.4) is 0 Å². The zero-order valence-electron chi connectivity index (χ0n) is 16.0. The van der Waals surface area contributed by atoms with Crippen LogP contribution in [0.15, 0.2) is 24.3 Å². The van der Waals surface area contributed by atoms with Crippen molar-refractivity contribution in [2.45, 2.75) is 31.8 Å². The van der Waals surface area contributed by atoms with E-state index >= 15 is 0 Å². The molecule has 0 spiro atoms. The van der Waals surface area contributed by atoms with Crippen LogP contribution in [0.5, 0.6) is 5.75 Å². The Morgan fingerprint density at radius 3 is 2.31 bits per heavy atom. The van der Waals surface area contributed by atoms with Crippen molar-refractivity contribution < 1.29 is 31.1 Å². The van der Waals surface area contributed by atoms with Crippen LogP contribution in [-0.2, 0) is 14.6 Å². The van der Waals surface area contributed by atoms with Crippen molar-refractivity contribution >= 4 is 21.4 Å². The zero-order valence-corrected chi connectivity index (χ0v) is 16.8. The Morgan fingerprint density at radius 1 is 1.17 bits per heavy atom. The van der Waals surface area contributed by atoms with Crippen LogP contribution in [0.2, 0.25) is 0 Å². The van der Waals surface area contributed by atoms with Gasteiger partial charge in [0.1, 0.15) is 5.75 Å². The van der Waals surface area contributed by atoms with Crippen LogP contribution in [0.1, 0.15) is 13.3 Å². The number of piperazine rings is 1. The lowest BCUT2D eigenvalue weighted by molar-refractivity contribution is -0.274. The van der Waals surface area contributed by atoms with Crippen LogP contribution in [0.25, 0.3) is 0 Å². The van der Waals surface area contributed by atoms with Gasteiger partial charge in [0, 0.05) is 37.9 Å². The first-order valence-corrected chi connectivity index (χ1v) is 11.2. The van der Waals surface area contributed by atoms with E-state index in [1.807, 2.05) is 4.90 Å². The molecule has 2 fully saturated rings. The largest absolute Gasteiger partial charge is 0.573 e. The Labute approximate surface area is 167 Å². The third-order valence-electron chi connectivity index (χ3n) is 5.36. The second-order valence-corrected chi connectivity index (χ2v) is 9.59. The van der Waals surface area contributed by atoms with Gasteiger partial charge in [0.25, 0.3) is 0 Å². The van der Waals surface area contributed by atoms with Gasteiger partial charge in [0.05, 0.1) is 17.5 Å². The van der Waals surface area contributed by atoms with E-state index in [-0.39, 0.29) is 29.2 Å². The highest BCUT2D eigenvalue weighted by Gasteiger charge is 2.35. The standard InChI is InChI=1S/C18H24F3N3O4S/c1-13(17(25)22-14-2-4-16(5-3-14)28-18(19,20)21)23-7-9-24(10-8-23)15-6-11-29(26,27)12-15/h2-5,13,15H,6-12H2,1H3,(H,22,25). The molecule has 0 bridgehead atoms. The van der Waals surface area contributed by atoms with Gasteiger partial charge in [0.15, 0.2) is 9.84 Å². The number of halogens is 3. The van der Waals surface area contributed by atoms with Crippen molar-refractivity contribution in [3.8, 4) is 5.75 Å². The van der Waals surface area contributed by atoms with Gasteiger partial charge < -0.3 is 10.1 Å². The van der Waals surface area contributed by atoms with Gasteiger partial charge in [-0.1, -0.05) is 0 Å². The average molecular weight is 435 g/mol. The van der Waals surface area contributed by atoms with Crippen molar-refractivity contribution in [2.24, 2.45) is 0 Å². The molecule has 0 saturated carbocycles.